The minimum Gasteiger partial charge on any atom is -0.398 e. The first kappa shape index (κ1) is 11.9. The molecule has 1 aliphatic heterocycles. The number of para-hydroxylation sites is 1. The maximum Gasteiger partial charge on any atom is 0.0825 e. The van der Waals surface area contributed by atoms with Crippen LogP contribution in [0.2, 0.25) is 0 Å². The Morgan fingerprint density at radius 1 is 1.56 bits per heavy atom. The summed E-state index contributed by atoms with van der Waals surface area (Å²) in [5, 5.41) is 13.5. The first-order chi connectivity index (χ1) is 7.68. The number of hydrogen-bond acceptors (Lipinski definition) is 3. The van der Waals surface area contributed by atoms with Crippen LogP contribution < -0.4 is 11.1 Å². The van der Waals surface area contributed by atoms with Gasteiger partial charge in [-0.3, -0.25) is 0 Å². The molecular formula is C12H17BrN2O. The summed E-state index contributed by atoms with van der Waals surface area (Å²) < 4.78 is 0.850. The SMILES string of the molecule is Nc1c(Br)cccc1C(O)CC1CCCN1. The molecule has 0 spiro atoms. The van der Waals surface area contributed by atoms with E-state index in [2.05, 4.69) is 21.2 Å². The molecule has 1 heterocycles. The van der Waals surface area contributed by atoms with E-state index >= 15 is 0 Å². The highest BCUT2D eigenvalue weighted by Gasteiger charge is 2.20. The predicted molar refractivity (Wildman–Crippen MR) is 69.2 cm³/mol. The number of hydrogen-bond donors (Lipinski definition) is 3. The minimum absolute atomic E-state index is 0.424. The second kappa shape index (κ2) is 5.17. The lowest BCUT2D eigenvalue weighted by Crippen LogP contribution is -2.24. The molecule has 4 heteroatoms. The van der Waals surface area contributed by atoms with Gasteiger partial charge in [-0.25, -0.2) is 0 Å². The molecule has 88 valence electrons. The molecule has 1 aromatic rings. The summed E-state index contributed by atoms with van der Waals surface area (Å²) in [4.78, 5) is 0. The maximum absolute atomic E-state index is 10.1. The van der Waals surface area contributed by atoms with Crippen LogP contribution in [0.5, 0.6) is 0 Å². The average Bonchev–Trinajstić information content (AvgIpc) is 2.74. The topological polar surface area (TPSA) is 58.3 Å². The summed E-state index contributed by atoms with van der Waals surface area (Å²) in [6.07, 6.45) is 2.60. The van der Waals surface area contributed by atoms with Crippen LogP contribution in [0, 0.1) is 0 Å². The van der Waals surface area contributed by atoms with E-state index in [9.17, 15) is 5.11 Å². The van der Waals surface area contributed by atoms with E-state index in [4.69, 9.17) is 5.73 Å². The summed E-state index contributed by atoms with van der Waals surface area (Å²) in [6, 6.07) is 6.11. The van der Waals surface area contributed by atoms with Crippen molar-refractivity contribution in [3.63, 3.8) is 0 Å². The third-order valence-electron chi connectivity index (χ3n) is 3.12. The van der Waals surface area contributed by atoms with Crippen molar-refractivity contribution in [3.8, 4) is 0 Å². The molecule has 0 radical (unpaired) electrons. The molecule has 3 nitrogen and oxygen atoms in total. The van der Waals surface area contributed by atoms with Gasteiger partial charge in [0.05, 0.1) is 11.8 Å². The first-order valence-corrected chi connectivity index (χ1v) is 6.43. The van der Waals surface area contributed by atoms with E-state index in [1.165, 1.54) is 6.42 Å². The molecular weight excluding hydrogens is 268 g/mol. The summed E-state index contributed by atoms with van der Waals surface area (Å²) in [5.41, 5.74) is 7.40. The van der Waals surface area contributed by atoms with Gasteiger partial charge < -0.3 is 16.2 Å². The molecule has 1 aliphatic rings. The summed E-state index contributed by atoms with van der Waals surface area (Å²) in [6.45, 7) is 1.06. The van der Waals surface area contributed by atoms with E-state index in [1.807, 2.05) is 18.2 Å². The van der Waals surface area contributed by atoms with Gasteiger partial charge >= 0.3 is 0 Å². The first-order valence-electron chi connectivity index (χ1n) is 5.64. The largest absolute Gasteiger partial charge is 0.398 e. The average molecular weight is 285 g/mol. The van der Waals surface area contributed by atoms with Gasteiger partial charge in [0.15, 0.2) is 0 Å². The van der Waals surface area contributed by atoms with E-state index in [-0.39, 0.29) is 0 Å². The molecule has 1 fully saturated rings. The molecule has 0 amide bonds. The lowest BCUT2D eigenvalue weighted by Gasteiger charge is -2.18. The van der Waals surface area contributed by atoms with Crippen molar-refractivity contribution in [2.75, 3.05) is 12.3 Å². The van der Waals surface area contributed by atoms with Crippen molar-refractivity contribution in [2.45, 2.75) is 31.4 Å². The van der Waals surface area contributed by atoms with Gasteiger partial charge in [-0.15, -0.1) is 0 Å². The molecule has 2 atom stereocenters. The lowest BCUT2D eigenvalue weighted by atomic mass is 10.00. The standard InChI is InChI=1S/C12H17BrN2O/c13-10-5-1-4-9(12(10)14)11(16)7-8-3-2-6-15-8/h1,4-5,8,11,15-16H,2-3,6-7,14H2. The Hall–Kier alpha value is -0.580. The second-order valence-electron chi connectivity index (χ2n) is 4.29. The zero-order valence-electron chi connectivity index (χ0n) is 9.12. The van der Waals surface area contributed by atoms with Crippen LogP contribution in [-0.2, 0) is 0 Å². The zero-order valence-corrected chi connectivity index (χ0v) is 10.7. The van der Waals surface area contributed by atoms with Gasteiger partial charge in [0.1, 0.15) is 0 Å². The fourth-order valence-corrected chi connectivity index (χ4v) is 2.58. The highest BCUT2D eigenvalue weighted by Crippen LogP contribution is 2.30. The number of halogens is 1. The second-order valence-corrected chi connectivity index (χ2v) is 5.14. The Kier molecular flexibility index (Phi) is 3.84. The third kappa shape index (κ3) is 2.56. The molecule has 2 unspecified atom stereocenters. The van der Waals surface area contributed by atoms with Crippen molar-refractivity contribution in [3.05, 3.63) is 28.2 Å². The van der Waals surface area contributed by atoms with E-state index in [1.54, 1.807) is 0 Å². The smallest absolute Gasteiger partial charge is 0.0825 e. The van der Waals surface area contributed by atoms with Crippen molar-refractivity contribution >= 4 is 21.6 Å². The fraction of sp³-hybridized carbons (Fsp3) is 0.500. The Labute approximate surface area is 104 Å². The Morgan fingerprint density at radius 3 is 3.06 bits per heavy atom. The molecule has 0 saturated carbocycles. The number of nitrogens with one attached hydrogen (secondary N) is 1. The van der Waals surface area contributed by atoms with Gasteiger partial charge in [0.2, 0.25) is 0 Å². The van der Waals surface area contributed by atoms with Gasteiger partial charge in [-0.1, -0.05) is 12.1 Å². The summed E-state index contributed by atoms with van der Waals surface area (Å²) >= 11 is 3.38. The molecule has 4 N–H and O–H groups in total. The molecule has 1 saturated heterocycles. The van der Waals surface area contributed by atoms with E-state index in [0.29, 0.717) is 11.7 Å². The van der Waals surface area contributed by atoms with Crippen molar-refractivity contribution in [2.24, 2.45) is 0 Å². The van der Waals surface area contributed by atoms with Crippen LogP contribution in [0.25, 0.3) is 0 Å². The number of aliphatic hydroxyl groups excluding tert-OH is 1. The zero-order chi connectivity index (χ0) is 11.5. The normalized spacial score (nSPS) is 22.2. The van der Waals surface area contributed by atoms with Gasteiger partial charge in [-0.2, -0.15) is 0 Å². The highest BCUT2D eigenvalue weighted by atomic mass is 79.9. The fourth-order valence-electron chi connectivity index (χ4n) is 2.20. The monoisotopic (exact) mass is 284 g/mol. The molecule has 1 aromatic carbocycles. The lowest BCUT2D eigenvalue weighted by molar-refractivity contribution is 0.155. The van der Waals surface area contributed by atoms with E-state index < -0.39 is 6.10 Å². The number of nitrogens with two attached hydrogens (primary N) is 1. The van der Waals surface area contributed by atoms with Crippen LogP contribution >= 0.6 is 15.9 Å². The number of nitrogen functional groups attached to an aromatic ring is 1. The highest BCUT2D eigenvalue weighted by molar-refractivity contribution is 9.10. The van der Waals surface area contributed by atoms with Gasteiger partial charge in [-0.05, 0) is 47.8 Å². The van der Waals surface area contributed by atoms with Crippen molar-refractivity contribution in [1.29, 1.82) is 0 Å². The van der Waals surface area contributed by atoms with Crippen LogP contribution in [-0.4, -0.2) is 17.7 Å². The Morgan fingerprint density at radius 2 is 2.38 bits per heavy atom. The molecule has 2 rings (SSSR count). The number of anilines is 1. The van der Waals surface area contributed by atoms with Crippen LogP contribution in [0.1, 0.15) is 30.9 Å². The number of aliphatic hydroxyl groups is 1. The Balaban J connectivity index is 2.07. The van der Waals surface area contributed by atoms with Crippen LogP contribution in [0.3, 0.4) is 0 Å². The molecule has 16 heavy (non-hydrogen) atoms. The Bertz CT molecular complexity index is 364. The molecule has 0 aromatic heterocycles. The minimum atomic E-state index is -0.479. The quantitative estimate of drug-likeness (QED) is 0.746. The third-order valence-corrected chi connectivity index (χ3v) is 3.81. The van der Waals surface area contributed by atoms with Crippen LogP contribution in [0.4, 0.5) is 5.69 Å². The van der Waals surface area contributed by atoms with Crippen molar-refractivity contribution < 1.29 is 5.11 Å². The molecule has 0 aliphatic carbocycles. The van der Waals surface area contributed by atoms with Crippen LogP contribution in [0.15, 0.2) is 22.7 Å². The predicted octanol–water partition coefficient (Wildman–Crippen LogP) is 2.21. The van der Waals surface area contributed by atoms with Gasteiger partial charge in [0, 0.05) is 16.1 Å². The maximum atomic E-state index is 10.1. The van der Waals surface area contributed by atoms with E-state index in [0.717, 1.165) is 29.4 Å². The van der Waals surface area contributed by atoms with Crippen molar-refractivity contribution in [1.82, 2.24) is 5.32 Å². The van der Waals surface area contributed by atoms with Gasteiger partial charge in [0.25, 0.3) is 0 Å². The summed E-state index contributed by atoms with van der Waals surface area (Å²) in [5.74, 6) is 0. The molecule has 0 bridgehead atoms. The number of rotatable bonds is 3. The summed E-state index contributed by atoms with van der Waals surface area (Å²) in [7, 11) is 0. The number of benzene rings is 1.